The van der Waals surface area contributed by atoms with Crippen molar-refractivity contribution in [2.75, 3.05) is 5.75 Å². The molecule has 0 aliphatic rings. The molecule has 0 radical (unpaired) electrons. The van der Waals surface area contributed by atoms with Crippen molar-refractivity contribution in [1.29, 1.82) is 0 Å². The Labute approximate surface area is 117 Å². The van der Waals surface area contributed by atoms with E-state index in [0.29, 0.717) is 6.42 Å². The Morgan fingerprint density at radius 3 is 1.79 bits per heavy atom. The molecular formula is C14H28O4S. The molecule has 0 unspecified atom stereocenters. The fraction of sp³-hybridized carbons (Fsp3) is 0.929. The number of carboxylic acid groups (broad SMARTS) is 1. The lowest BCUT2D eigenvalue weighted by molar-refractivity contribution is -0.139. The van der Waals surface area contributed by atoms with Gasteiger partial charge in [-0.1, -0.05) is 51.9 Å². The summed E-state index contributed by atoms with van der Waals surface area (Å²) in [7, 11) is -3.56. The van der Waals surface area contributed by atoms with Crippen molar-refractivity contribution in [3.8, 4) is 0 Å². The predicted octanol–water partition coefficient (Wildman–Crippen LogP) is 3.41. The van der Waals surface area contributed by atoms with Crippen molar-refractivity contribution in [1.82, 2.24) is 0 Å². The second kappa shape index (κ2) is 8.56. The van der Waals surface area contributed by atoms with Gasteiger partial charge in [0.15, 0.2) is 14.6 Å². The smallest absolute Gasteiger partial charge is 0.324 e. The van der Waals surface area contributed by atoms with Crippen LogP contribution in [0.3, 0.4) is 0 Å². The van der Waals surface area contributed by atoms with Gasteiger partial charge in [0.2, 0.25) is 0 Å². The molecule has 0 aliphatic carbocycles. The van der Waals surface area contributed by atoms with Gasteiger partial charge in [-0.05, 0) is 20.3 Å². The Morgan fingerprint density at radius 1 is 0.947 bits per heavy atom. The van der Waals surface area contributed by atoms with Crippen LogP contribution < -0.4 is 0 Å². The third-order valence-electron chi connectivity index (χ3n) is 3.56. The van der Waals surface area contributed by atoms with E-state index in [1.54, 1.807) is 0 Å². The average molecular weight is 292 g/mol. The number of rotatable bonds is 11. The number of hydrogen-bond acceptors (Lipinski definition) is 3. The Balaban J connectivity index is 3.86. The Hall–Kier alpha value is -0.580. The molecule has 0 aromatic carbocycles. The van der Waals surface area contributed by atoms with Crippen LogP contribution in [0.4, 0.5) is 0 Å². The fourth-order valence-corrected chi connectivity index (χ4v) is 3.17. The summed E-state index contributed by atoms with van der Waals surface area (Å²) in [4.78, 5) is 10.9. The lowest BCUT2D eigenvalue weighted by Crippen LogP contribution is -2.41. The van der Waals surface area contributed by atoms with Crippen LogP contribution in [0.1, 0.15) is 72.1 Å². The van der Waals surface area contributed by atoms with E-state index in [1.165, 1.54) is 39.5 Å². The van der Waals surface area contributed by atoms with Crippen LogP contribution in [-0.4, -0.2) is 30.0 Å². The van der Waals surface area contributed by atoms with Crippen LogP contribution >= 0.6 is 0 Å². The summed E-state index contributed by atoms with van der Waals surface area (Å²) in [5.41, 5.74) is 0. The summed E-state index contributed by atoms with van der Waals surface area (Å²) in [6.45, 7) is 4.69. The third-order valence-corrected chi connectivity index (χ3v) is 6.11. The molecule has 0 aliphatic heterocycles. The minimum Gasteiger partial charge on any atom is -0.480 e. The van der Waals surface area contributed by atoms with Gasteiger partial charge in [0.05, 0.1) is 5.75 Å². The van der Waals surface area contributed by atoms with Gasteiger partial charge >= 0.3 is 5.97 Å². The van der Waals surface area contributed by atoms with Gasteiger partial charge in [0.1, 0.15) is 0 Å². The van der Waals surface area contributed by atoms with Crippen LogP contribution in [0.2, 0.25) is 0 Å². The summed E-state index contributed by atoms with van der Waals surface area (Å²) >= 11 is 0. The molecular weight excluding hydrogens is 264 g/mol. The Kier molecular flexibility index (Phi) is 8.30. The maximum Gasteiger partial charge on any atom is 0.324 e. The topological polar surface area (TPSA) is 71.4 Å². The molecule has 0 bridgehead atoms. The first-order valence-corrected chi connectivity index (χ1v) is 8.86. The lowest BCUT2D eigenvalue weighted by atomic mass is 10.1. The van der Waals surface area contributed by atoms with Crippen molar-refractivity contribution < 1.29 is 18.3 Å². The van der Waals surface area contributed by atoms with E-state index in [0.717, 1.165) is 19.3 Å². The van der Waals surface area contributed by atoms with Gasteiger partial charge in [0.25, 0.3) is 0 Å². The number of unbranched alkanes of at least 4 members (excludes halogenated alkanes) is 7. The molecule has 0 aromatic heterocycles. The van der Waals surface area contributed by atoms with Crippen molar-refractivity contribution in [2.45, 2.75) is 76.9 Å². The zero-order valence-corrected chi connectivity index (χ0v) is 13.3. The number of carboxylic acids is 1. The van der Waals surface area contributed by atoms with E-state index in [1.807, 2.05) is 0 Å². The van der Waals surface area contributed by atoms with E-state index in [4.69, 9.17) is 5.11 Å². The van der Waals surface area contributed by atoms with Gasteiger partial charge in [-0.15, -0.1) is 0 Å². The summed E-state index contributed by atoms with van der Waals surface area (Å²) in [5, 5.41) is 8.92. The van der Waals surface area contributed by atoms with Crippen molar-refractivity contribution in [3.05, 3.63) is 0 Å². The monoisotopic (exact) mass is 292 g/mol. The molecule has 4 nitrogen and oxygen atoms in total. The molecule has 0 spiro atoms. The molecule has 0 fully saturated rings. The van der Waals surface area contributed by atoms with E-state index < -0.39 is 20.6 Å². The van der Waals surface area contributed by atoms with E-state index in [2.05, 4.69) is 6.92 Å². The zero-order valence-electron chi connectivity index (χ0n) is 12.4. The first kappa shape index (κ1) is 18.4. The highest BCUT2D eigenvalue weighted by Crippen LogP contribution is 2.19. The summed E-state index contributed by atoms with van der Waals surface area (Å²) in [6, 6.07) is 0. The molecule has 5 heteroatoms. The molecule has 19 heavy (non-hydrogen) atoms. The van der Waals surface area contributed by atoms with Crippen molar-refractivity contribution in [2.24, 2.45) is 0 Å². The van der Waals surface area contributed by atoms with Gasteiger partial charge < -0.3 is 5.11 Å². The third kappa shape index (κ3) is 6.41. The van der Waals surface area contributed by atoms with Gasteiger partial charge in [0, 0.05) is 0 Å². The van der Waals surface area contributed by atoms with Gasteiger partial charge in [-0.3, -0.25) is 4.79 Å². The predicted molar refractivity (Wildman–Crippen MR) is 78.1 cm³/mol. The molecule has 1 N–H and O–H groups in total. The Bertz CT molecular complexity index is 358. The normalized spacial score (nSPS) is 12.6. The molecule has 0 amide bonds. The van der Waals surface area contributed by atoms with Crippen molar-refractivity contribution in [3.63, 3.8) is 0 Å². The largest absolute Gasteiger partial charge is 0.480 e. The summed E-state index contributed by atoms with van der Waals surface area (Å²) in [5.74, 6) is -1.30. The van der Waals surface area contributed by atoms with E-state index in [-0.39, 0.29) is 5.75 Å². The van der Waals surface area contributed by atoms with Gasteiger partial charge in [-0.25, -0.2) is 8.42 Å². The molecule has 0 atom stereocenters. The number of hydrogen-bond donors (Lipinski definition) is 1. The molecule has 0 heterocycles. The lowest BCUT2D eigenvalue weighted by Gasteiger charge is -2.19. The molecule has 0 rings (SSSR count). The SMILES string of the molecule is CCCCCCCCCCS(=O)(=O)C(C)(C)C(=O)O. The highest BCUT2D eigenvalue weighted by Gasteiger charge is 2.41. The number of carbonyl (C=O) groups is 1. The molecule has 0 aromatic rings. The molecule has 114 valence electrons. The van der Waals surface area contributed by atoms with Crippen LogP contribution in [0.5, 0.6) is 0 Å². The number of sulfone groups is 1. The molecule has 0 saturated heterocycles. The zero-order chi connectivity index (χ0) is 14.9. The Morgan fingerprint density at radius 2 is 1.37 bits per heavy atom. The standard InChI is InChI=1S/C14H28O4S/c1-4-5-6-7-8-9-10-11-12-19(17,18)14(2,3)13(15)16/h4-12H2,1-3H3,(H,15,16). The average Bonchev–Trinajstić information content (AvgIpc) is 2.32. The molecule has 0 saturated carbocycles. The van der Waals surface area contributed by atoms with Crippen LogP contribution in [0.25, 0.3) is 0 Å². The summed E-state index contributed by atoms with van der Waals surface area (Å²) in [6.07, 6.45) is 8.55. The van der Waals surface area contributed by atoms with Gasteiger partial charge in [-0.2, -0.15) is 0 Å². The second-order valence-corrected chi connectivity index (χ2v) is 8.27. The fourth-order valence-electron chi connectivity index (χ4n) is 1.81. The maximum atomic E-state index is 11.9. The quantitative estimate of drug-likeness (QED) is 0.592. The van der Waals surface area contributed by atoms with E-state index in [9.17, 15) is 13.2 Å². The first-order valence-electron chi connectivity index (χ1n) is 7.21. The van der Waals surface area contributed by atoms with E-state index >= 15 is 0 Å². The minimum absolute atomic E-state index is 0.0265. The first-order chi connectivity index (χ1) is 8.75. The number of aliphatic carboxylic acids is 1. The highest BCUT2D eigenvalue weighted by molar-refractivity contribution is 7.93. The van der Waals surface area contributed by atoms with Crippen molar-refractivity contribution >= 4 is 15.8 Å². The van der Waals surface area contributed by atoms with Crippen LogP contribution in [-0.2, 0) is 14.6 Å². The maximum absolute atomic E-state index is 11.9. The summed E-state index contributed by atoms with van der Waals surface area (Å²) < 4.78 is 22.1. The highest BCUT2D eigenvalue weighted by atomic mass is 32.2. The second-order valence-electron chi connectivity index (χ2n) is 5.61. The van der Waals surface area contributed by atoms with Crippen LogP contribution in [0, 0.1) is 0 Å². The minimum atomic E-state index is -3.56. The van der Waals surface area contributed by atoms with Crippen LogP contribution in [0.15, 0.2) is 0 Å².